The van der Waals surface area contributed by atoms with Crippen molar-refractivity contribution in [3.8, 4) is 11.5 Å². The normalized spacial score (nSPS) is 19.3. The molecule has 6 nitrogen and oxygen atoms in total. The van der Waals surface area contributed by atoms with Crippen molar-refractivity contribution in [1.82, 2.24) is 9.96 Å². The minimum atomic E-state index is -5.11. The largest absolute Gasteiger partial charge is 0.492 e. The van der Waals surface area contributed by atoms with Crippen molar-refractivity contribution in [2.24, 2.45) is 0 Å². The maximum absolute atomic E-state index is 13.2. The summed E-state index contributed by atoms with van der Waals surface area (Å²) in [4.78, 5) is 30.3. The molecular formula is C23H20F6N2O4. The SMILES string of the molecule is O=C1c2cc(Oc3ccc(C(F)(F)F)cc3)ccc2CCN1C1CCCN(OC(=O)C(F)(F)F)C1. The third kappa shape index (κ3) is 5.69. The molecular weight excluding hydrogens is 482 g/mol. The molecule has 0 bridgehead atoms. The van der Waals surface area contributed by atoms with Crippen LogP contribution in [-0.4, -0.2) is 53.7 Å². The standard InChI is InChI=1S/C23H20F6N2O4/c24-22(25,26)15-4-7-17(8-5-15)34-18-6-3-14-9-11-31(20(32)19(14)12-18)16-2-1-10-30(13-16)35-21(33)23(27,28)29/h3-8,12,16H,1-2,9-11,13H2. The van der Waals surface area contributed by atoms with Crippen LogP contribution in [0.3, 0.4) is 0 Å². The van der Waals surface area contributed by atoms with Gasteiger partial charge in [0.15, 0.2) is 0 Å². The summed E-state index contributed by atoms with van der Waals surface area (Å²) in [6, 6.07) is 8.48. The Morgan fingerprint density at radius 2 is 1.63 bits per heavy atom. The van der Waals surface area contributed by atoms with Crippen molar-refractivity contribution in [1.29, 1.82) is 0 Å². The van der Waals surface area contributed by atoms with Crippen LogP contribution in [0.5, 0.6) is 11.5 Å². The number of carbonyl (C=O) groups excluding carboxylic acids is 2. The Balaban J connectivity index is 1.45. The summed E-state index contributed by atoms with van der Waals surface area (Å²) in [6.07, 6.45) is -8.12. The quantitative estimate of drug-likeness (QED) is 0.552. The monoisotopic (exact) mass is 502 g/mol. The van der Waals surface area contributed by atoms with Gasteiger partial charge in [-0.2, -0.15) is 26.3 Å². The highest BCUT2D eigenvalue weighted by molar-refractivity contribution is 5.97. The van der Waals surface area contributed by atoms with Gasteiger partial charge in [0, 0.05) is 24.7 Å². The molecule has 1 atom stereocenters. The summed E-state index contributed by atoms with van der Waals surface area (Å²) in [6.45, 7) is 0.420. The van der Waals surface area contributed by atoms with E-state index in [4.69, 9.17) is 4.74 Å². The van der Waals surface area contributed by atoms with Crippen molar-refractivity contribution in [3.63, 3.8) is 0 Å². The van der Waals surface area contributed by atoms with Gasteiger partial charge in [-0.3, -0.25) is 4.79 Å². The van der Waals surface area contributed by atoms with E-state index in [9.17, 15) is 35.9 Å². The summed E-state index contributed by atoms with van der Waals surface area (Å²) >= 11 is 0. The van der Waals surface area contributed by atoms with Gasteiger partial charge in [0.1, 0.15) is 11.5 Å². The van der Waals surface area contributed by atoms with E-state index in [0.717, 1.165) is 22.8 Å². The molecule has 35 heavy (non-hydrogen) atoms. The van der Waals surface area contributed by atoms with E-state index >= 15 is 0 Å². The highest BCUT2D eigenvalue weighted by Crippen LogP contribution is 2.33. The number of benzene rings is 2. The van der Waals surface area contributed by atoms with Crippen LogP contribution in [0, 0.1) is 0 Å². The van der Waals surface area contributed by atoms with Crippen molar-refractivity contribution < 1.29 is 45.5 Å². The van der Waals surface area contributed by atoms with Gasteiger partial charge < -0.3 is 14.5 Å². The van der Waals surface area contributed by atoms with Gasteiger partial charge in [-0.15, -0.1) is 5.06 Å². The first kappa shape index (κ1) is 24.8. The van der Waals surface area contributed by atoms with Crippen molar-refractivity contribution in [2.75, 3.05) is 19.6 Å². The van der Waals surface area contributed by atoms with Gasteiger partial charge in [0.05, 0.1) is 12.1 Å². The number of hydrogen-bond donors (Lipinski definition) is 0. The fraction of sp³-hybridized carbons (Fsp3) is 0.391. The summed E-state index contributed by atoms with van der Waals surface area (Å²) in [5, 5.41) is 0.928. The van der Waals surface area contributed by atoms with Crippen LogP contribution in [-0.2, 0) is 22.2 Å². The number of hydrogen-bond acceptors (Lipinski definition) is 5. The third-order valence-corrected chi connectivity index (χ3v) is 5.86. The van der Waals surface area contributed by atoms with E-state index in [1.165, 1.54) is 23.1 Å². The summed E-state index contributed by atoms with van der Waals surface area (Å²) in [7, 11) is 0. The van der Waals surface area contributed by atoms with E-state index in [0.29, 0.717) is 31.4 Å². The Hall–Kier alpha value is -3.28. The lowest BCUT2D eigenvalue weighted by Crippen LogP contribution is -2.53. The number of alkyl halides is 6. The molecule has 12 heteroatoms. The second kappa shape index (κ2) is 9.40. The number of piperidine rings is 1. The molecule has 1 unspecified atom stereocenters. The number of halogens is 6. The van der Waals surface area contributed by atoms with Crippen molar-refractivity contribution in [3.05, 3.63) is 59.2 Å². The lowest BCUT2D eigenvalue weighted by molar-refractivity contribution is -0.243. The first-order valence-corrected chi connectivity index (χ1v) is 10.7. The predicted octanol–water partition coefficient (Wildman–Crippen LogP) is 4.98. The van der Waals surface area contributed by atoms with Crippen LogP contribution >= 0.6 is 0 Å². The molecule has 1 amide bonds. The van der Waals surface area contributed by atoms with Crippen LogP contribution in [0.4, 0.5) is 26.3 Å². The van der Waals surface area contributed by atoms with Crippen LogP contribution in [0.15, 0.2) is 42.5 Å². The fourth-order valence-corrected chi connectivity index (χ4v) is 4.16. The van der Waals surface area contributed by atoms with Crippen LogP contribution < -0.4 is 4.74 Å². The van der Waals surface area contributed by atoms with Gasteiger partial charge in [-0.05, 0) is 61.2 Å². The van der Waals surface area contributed by atoms with Crippen molar-refractivity contribution in [2.45, 2.75) is 37.7 Å². The number of nitrogens with zero attached hydrogens (tertiary/aromatic N) is 2. The fourth-order valence-electron chi connectivity index (χ4n) is 4.16. The topological polar surface area (TPSA) is 59.1 Å². The molecule has 2 aliphatic heterocycles. The molecule has 2 aromatic carbocycles. The Morgan fingerprint density at radius 1 is 0.943 bits per heavy atom. The lowest BCUT2D eigenvalue weighted by Gasteiger charge is -2.40. The number of carbonyl (C=O) groups is 2. The van der Waals surface area contributed by atoms with Gasteiger partial charge in [0.25, 0.3) is 5.91 Å². The molecule has 1 fully saturated rings. The number of rotatable bonds is 4. The zero-order chi connectivity index (χ0) is 25.4. The van der Waals surface area contributed by atoms with E-state index in [1.54, 1.807) is 12.1 Å². The predicted molar refractivity (Wildman–Crippen MR) is 109 cm³/mol. The molecule has 2 aliphatic rings. The number of amides is 1. The minimum absolute atomic E-state index is 0.0510. The molecule has 2 aromatic rings. The van der Waals surface area contributed by atoms with Gasteiger partial charge in [0.2, 0.25) is 0 Å². The second-order valence-corrected chi connectivity index (χ2v) is 8.25. The van der Waals surface area contributed by atoms with E-state index in [2.05, 4.69) is 4.84 Å². The van der Waals surface area contributed by atoms with E-state index in [-0.39, 0.29) is 30.5 Å². The summed E-state index contributed by atoms with van der Waals surface area (Å²) < 4.78 is 81.4. The molecule has 0 aliphatic carbocycles. The first-order valence-electron chi connectivity index (χ1n) is 10.7. The molecule has 0 N–H and O–H groups in total. The number of hydroxylamine groups is 2. The third-order valence-electron chi connectivity index (χ3n) is 5.86. The van der Waals surface area contributed by atoms with E-state index < -0.39 is 29.9 Å². The Kier molecular flexibility index (Phi) is 6.67. The second-order valence-electron chi connectivity index (χ2n) is 8.25. The number of ether oxygens (including phenoxy) is 1. The Morgan fingerprint density at radius 3 is 2.29 bits per heavy atom. The zero-order valence-corrected chi connectivity index (χ0v) is 18.2. The van der Waals surface area contributed by atoms with Crippen LogP contribution in [0.1, 0.15) is 34.3 Å². The summed E-state index contributed by atoms with van der Waals surface area (Å²) in [5.74, 6) is -2.24. The minimum Gasteiger partial charge on any atom is -0.457 e. The molecule has 2 heterocycles. The van der Waals surface area contributed by atoms with Gasteiger partial charge >= 0.3 is 18.3 Å². The van der Waals surface area contributed by atoms with Gasteiger partial charge in [-0.25, -0.2) is 4.79 Å². The average Bonchev–Trinajstić information content (AvgIpc) is 2.79. The average molecular weight is 502 g/mol. The molecule has 1 saturated heterocycles. The van der Waals surface area contributed by atoms with Crippen LogP contribution in [0.25, 0.3) is 0 Å². The molecule has 188 valence electrons. The lowest BCUT2D eigenvalue weighted by atomic mass is 9.95. The van der Waals surface area contributed by atoms with Crippen molar-refractivity contribution >= 4 is 11.9 Å². The van der Waals surface area contributed by atoms with Gasteiger partial charge in [-0.1, -0.05) is 6.07 Å². The zero-order valence-electron chi connectivity index (χ0n) is 18.2. The van der Waals surface area contributed by atoms with Crippen LogP contribution in [0.2, 0.25) is 0 Å². The maximum Gasteiger partial charge on any atom is 0.492 e. The molecule has 0 saturated carbocycles. The molecule has 0 aromatic heterocycles. The Bertz CT molecular complexity index is 1100. The summed E-state index contributed by atoms with van der Waals surface area (Å²) in [5.41, 5.74) is 0.274. The molecule has 0 spiro atoms. The maximum atomic E-state index is 13.2. The molecule has 4 rings (SSSR count). The highest BCUT2D eigenvalue weighted by atomic mass is 19.4. The smallest absolute Gasteiger partial charge is 0.457 e. The first-order chi connectivity index (χ1) is 16.4. The number of fused-ring (bicyclic) bond motifs is 1. The highest BCUT2D eigenvalue weighted by Gasteiger charge is 2.43. The molecule has 0 radical (unpaired) electrons. The van der Waals surface area contributed by atoms with E-state index in [1.807, 2.05) is 0 Å². The Labute approximate surface area is 196 Å².